The number of ether oxygens (including phenoxy) is 2. The monoisotopic (exact) mass is 379 g/mol. The van der Waals surface area contributed by atoms with E-state index in [9.17, 15) is 18.4 Å². The van der Waals surface area contributed by atoms with Gasteiger partial charge in [-0.25, -0.2) is 4.79 Å². The molecule has 1 amide bonds. The van der Waals surface area contributed by atoms with E-state index in [2.05, 4.69) is 4.74 Å². The molecular formula is C19H19F2NO5. The van der Waals surface area contributed by atoms with Crippen LogP contribution in [0, 0.1) is 6.92 Å². The number of methoxy groups -OCH3 is 1. The molecule has 144 valence electrons. The van der Waals surface area contributed by atoms with Crippen LogP contribution in [-0.4, -0.2) is 42.7 Å². The number of hydrogen-bond donors (Lipinski definition) is 1. The quantitative estimate of drug-likeness (QED) is 0.796. The number of aryl methyl sites for hydroxylation is 1. The van der Waals surface area contributed by atoms with Crippen LogP contribution in [0.15, 0.2) is 36.4 Å². The number of hydrogen-bond acceptors (Lipinski definition) is 4. The van der Waals surface area contributed by atoms with Crippen LogP contribution in [0.5, 0.6) is 11.5 Å². The van der Waals surface area contributed by atoms with Gasteiger partial charge in [-0.05, 0) is 48.4 Å². The van der Waals surface area contributed by atoms with Crippen molar-refractivity contribution in [3.05, 3.63) is 58.7 Å². The average Bonchev–Trinajstić information content (AvgIpc) is 2.60. The SMILES string of the molecule is COc1ccc(CN(C)C(=O)c2cc(C)cc(C(=O)O)c2)cc1OC(F)F. The summed E-state index contributed by atoms with van der Waals surface area (Å²) in [6.07, 6.45) is 0. The van der Waals surface area contributed by atoms with Crippen LogP contribution in [-0.2, 0) is 6.54 Å². The Hall–Kier alpha value is -3.16. The number of halogens is 2. The minimum Gasteiger partial charge on any atom is -0.493 e. The van der Waals surface area contributed by atoms with Gasteiger partial charge in [0.2, 0.25) is 0 Å². The number of carboxylic acid groups (broad SMARTS) is 1. The molecule has 0 radical (unpaired) electrons. The summed E-state index contributed by atoms with van der Waals surface area (Å²) in [5, 5.41) is 9.13. The van der Waals surface area contributed by atoms with Crippen molar-refractivity contribution in [2.75, 3.05) is 14.2 Å². The molecule has 1 N–H and O–H groups in total. The van der Waals surface area contributed by atoms with E-state index < -0.39 is 18.5 Å². The van der Waals surface area contributed by atoms with Crippen molar-refractivity contribution in [3.63, 3.8) is 0 Å². The Balaban J connectivity index is 2.23. The molecular weight excluding hydrogens is 360 g/mol. The molecule has 0 aliphatic carbocycles. The highest BCUT2D eigenvalue weighted by atomic mass is 19.3. The fourth-order valence-corrected chi connectivity index (χ4v) is 2.60. The van der Waals surface area contributed by atoms with Crippen molar-refractivity contribution >= 4 is 11.9 Å². The van der Waals surface area contributed by atoms with Crippen molar-refractivity contribution in [1.82, 2.24) is 4.90 Å². The number of aromatic carboxylic acids is 1. The summed E-state index contributed by atoms with van der Waals surface area (Å²) in [4.78, 5) is 25.1. The van der Waals surface area contributed by atoms with E-state index in [1.807, 2.05) is 0 Å². The summed E-state index contributed by atoms with van der Waals surface area (Å²) in [5.74, 6) is -1.50. The predicted octanol–water partition coefficient (Wildman–Crippen LogP) is 3.58. The maximum Gasteiger partial charge on any atom is 0.387 e. The van der Waals surface area contributed by atoms with Crippen molar-refractivity contribution in [2.45, 2.75) is 20.1 Å². The number of amides is 1. The molecule has 0 aliphatic rings. The van der Waals surface area contributed by atoms with Gasteiger partial charge in [-0.3, -0.25) is 4.79 Å². The summed E-state index contributed by atoms with van der Waals surface area (Å²) in [6, 6.07) is 8.82. The van der Waals surface area contributed by atoms with Crippen molar-refractivity contribution in [3.8, 4) is 11.5 Å². The van der Waals surface area contributed by atoms with Gasteiger partial charge in [-0.1, -0.05) is 6.07 Å². The van der Waals surface area contributed by atoms with Gasteiger partial charge in [0.1, 0.15) is 0 Å². The van der Waals surface area contributed by atoms with Gasteiger partial charge in [0, 0.05) is 19.2 Å². The molecule has 0 aliphatic heterocycles. The van der Waals surface area contributed by atoms with Crippen molar-refractivity contribution in [2.24, 2.45) is 0 Å². The van der Waals surface area contributed by atoms with Crippen LogP contribution in [0.2, 0.25) is 0 Å². The Bertz CT molecular complexity index is 854. The summed E-state index contributed by atoms with van der Waals surface area (Å²) in [6.45, 7) is -1.20. The molecule has 0 unspecified atom stereocenters. The number of benzene rings is 2. The molecule has 0 heterocycles. The van der Waals surface area contributed by atoms with Crippen LogP contribution in [0.4, 0.5) is 8.78 Å². The highest BCUT2D eigenvalue weighted by Gasteiger charge is 2.17. The summed E-state index contributed by atoms with van der Waals surface area (Å²) < 4.78 is 34.5. The predicted molar refractivity (Wildman–Crippen MR) is 93.6 cm³/mol. The van der Waals surface area contributed by atoms with E-state index in [0.29, 0.717) is 11.1 Å². The first-order chi connectivity index (χ1) is 12.7. The summed E-state index contributed by atoms with van der Waals surface area (Å²) >= 11 is 0. The fraction of sp³-hybridized carbons (Fsp3) is 0.263. The smallest absolute Gasteiger partial charge is 0.387 e. The normalized spacial score (nSPS) is 10.6. The van der Waals surface area contributed by atoms with Crippen molar-refractivity contribution < 1.29 is 33.0 Å². The van der Waals surface area contributed by atoms with E-state index in [4.69, 9.17) is 9.84 Å². The Morgan fingerprint density at radius 1 is 1.11 bits per heavy atom. The zero-order chi connectivity index (χ0) is 20.1. The Labute approximate surface area is 154 Å². The summed E-state index contributed by atoms with van der Waals surface area (Å²) in [5.41, 5.74) is 1.44. The zero-order valence-electron chi connectivity index (χ0n) is 15.0. The van der Waals surface area contributed by atoms with E-state index in [1.54, 1.807) is 19.1 Å². The van der Waals surface area contributed by atoms with Crippen molar-refractivity contribution in [1.29, 1.82) is 0 Å². The fourth-order valence-electron chi connectivity index (χ4n) is 2.60. The van der Waals surface area contributed by atoms with Gasteiger partial charge in [-0.2, -0.15) is 8.78 Å². The third-order valence-electron chi connectivity index (χ3n) is 3.78. The molecule has 2 aromatic rings. The molecule has 0 spiro atoms. The highest BCUT2D eigenvalue weighted by molar-refractivity contribution is 5.97. The number of carbonyl (C=O) groups excluding carboxylic acids is 1. The van der Waals surface area contributed by atoms with Gasteiger partial charge < -0.3 is 19.5 Å². The van der Waals surface area contributed by atoms with Crippen LogP contribution in [0.1, 0.15) is 31.8 Å². The molecule has 0 aromatic heterocycles. The Morgan fingerprint density at radius 2 is 1.78 bits per heavy atom. The maximum absolute atomic E-state index is 12.6. The van der Waals surface area contributed by atoms with Gasteiger partial charge in [0.05, 0.1) is 12.7 Å². The Morgan fingerprint density at radius 3 is 2.37 bits per heavy atom. The Kier molecular flexibility index (Phi) is 6.33. The van der Waals surface area contributed by atoms with Gasteiger partial charge in [0.15, 0.2) is 11.5 Å². The molecule has 0 saturated carbocycles. The number of alkyl halides is 2. The van der Waals surface area contributed by atoms with Crippen LogP contribution in [0.25, 0.3) is 0 Å². The molecule has 2 rings (SSSR count). The zero-order valence-corrected chi connectivity index (χ0v) is 15.0. The lowest BCUT2D eigenvalue weighted by Crippen LogP contribution is -2.26. The lowest BCUT2D eigenvalue weighted by atomic mass is 10.1. The third kappa shape index (κ3) is 5.16. The minimum atomic E-state index is -3.00. The van der Waals surface area contributed by atoms with Gasteiger partial charge in [0.25, 0.3) is 5.91 Å². The lowest BCUT2D eigenvalue weighted by Gasteiger charge is -2.19. The molecule has 8 heteroatoms. The molecule has 0 saturated heterocycles. The molecule has 0 bridgehead atoms. The molecule has 0 fully saturated rings. The first-order valence-electron chi connectivity index (χ1n) is 7.93. The topological polar surface area (TPSA) is 76.1 Å². The standard InChI is InChI=1S/C19H19F2NO5/c1-11-6-13(9-14(7-11)18(24)25)17(23)22(2)10-12-4-5-15(26-3)16(8-12)27-19(20)21/h4-9,19H,10H2,1-3H3,(H,24,25). The van der Waals surface area contributed by atoms with E-state index in [0.717, 1.165) is 0 Å². The number of carbonyl (C=O) groups is 2. The van der Waals surface area contributed by atoms with Crippen LogP contribution < -0.4 is 9.47 Å². The number of rotatable bonds is 7. The first kappa shape index (κ1) is 20.2. The van der Waals surface area contributed by atoms with Crippen LogP contribution in [0.3, 0.4) is 0 Å². The highest BCUT2D eigenvalue weighted by Crippen LogP contribution is 2.30. The van der Waals surface area contributed by atoms with E-state index in [1.165, 1.54) is 43.3 Å². The number of carboxylic acids is 1. The second-order valence-corrected chi connectivity index (χ2v) is 5.92. The van der Waals surface area contributed by atoms with Gasteiger partial charge in [-0.15, -0.1) is 0 Å². The second-order valence-electron chi connectivity index (χ2n) is 5.92. The second kappa shape index (κ2) is 8.48. The number of nitrogens with zero attached hydrogens (tertiary/aromatic N) is 1. The molecule has 2 aromatic carbocycles. The van der Waals surface area contributed by atoms with Gasteiger partial charge >= 0.3 is 12.6 Å². The third-order valence-corrected chi connectivity index (χ3v) is 3.78. The minimum absolute atomic E-state index is 0.0174. The molecule has 27 heavy (non-hydrogen) atoms. The summed E-state index contributed by atoms with van der Waals surface area (Å²) in [7, 11) is 2.86. The van der Waals surface area contributed by atoms with E-state index in [-0.39, 0.29) is 29.2 Å². The molecule has 6 nitrogen and oxygen atoms in total. The lowest BCUT2D eigenvalue weighted by molar-refractivity contribution is -0.0512. The van der Waals surface area contributed by atoms with Crippen LogP contribution >= 0.6 is 0 Å². The van der Waals surface area contributed by atoms with E-state index >= 15 is 0 Å². The first-order valence-corrected chi connectivity index (χ1v) is 7.93. The molecule has 0 atom stereocenters. The maximum atomic E-state index is 12.6. The largest absolute Gasteiger partial charge is 0.493 e. The average molecular weight is 379 g/mol.